The second-order valence-corrected chi connectivity index (χ2v) is 10.7. The summed E-state index contributed by atoms with van der Waals surface area (Å²) in [6, 6.07) is 11.1. The number of carbonyl (C=O) groups excluding carboxylic acids is 4. The van der Waals surface area contributed by atoms with Gasteiger partial charge < -0.3 is 24.4 Å². The van der Waals surface area contributed by atoms with E-state index in [4.69, 9.17) is 21.1 Å². The highest BCUT2D eigenvalue weighted by Gasteiger charge is 2.49. The third kappa shape index (κ3) is 6.37. The lowest BCUT2D eigenvalue weighted by atomic mass is 9.82. The Morgan fingerprint density at radius 3 is 2.61 bits per heavy atom. The van der Waals surface area contributed by atoms with Gasteiger partial charge in [0.2, 0.25) is 5.91 Å². The van der Waals surface area contributed by atoms with E-state index in [2.05, 4.69) is 25.7 Å². The van der Waals surface area contributed by atoms with Crippen LogP contribution in [0.3, 0.4) is 0 Å². The number of rotatable bonds is 7. The number of nitrogens with one attached hydrogen (secondary N) is 3. The monoisotopic (exact) mass is 625 g/mol. The van der Waals surface area contributed by atoms with Crippen molar-refractivity contribution in [3.63, 3.8) is 0 Å². The van der Waals surface area contributed by atoms with Crippen LogP contribution in [0.5, 0.6) is 5.75 Å². The predicted octanol–water partition coefficient (Wildman–Crippen LogP) is 4.48. The van der Waals surface area contributed by atoms with E-state index in [9.17, 15) is 19.2 Å². The SMILES string of the molecule is COC(=O)Nc1ccc(C(=O)N[C@@H](Cc2ccc(OC)cn2)C(=O)N2CCC[C@@]3(C2)OC(=O)Nc2ccc(Cl)c(F)c23)cc1. The average Bonchev–Trinajstić information content (AvgIpc) is 3.02. The first-order chi connectivity index (χ1) is 21.1. The lowest BCUT2D eigenvalue weighted by Gasteiger charge is -2.45. The minimum atomic E-state index is -1.48. The maximum atomic E-state index is 15.4. The van der Waals surface area contributed by atoms with Crippen LogP contribution in [0.2, 0.25) is 5.02 Å². The van der Waals surface area contributed by atoms with Crippen molar-refractivity contribution < 1.29 is 37.8 Å². The number of fused-ring (bicyclic) bond motifs is 2. The number of hydrogen-bond donors (Lipinski definition) is 3. The molecule has 1 aromatic heterocycles. The van der Waals surface area contributed by atoms with Crippen molar-refractivity contribution in [3.8, 4) is 5.75 Å². The van der Waals surface area contributed by atoms with Crippen molar-refractivity contribution in [1.82, 2.24) is 15.2 Å². The molecule has 14 heteroatoms. The van der Waals surface area contributed by atoms with Gasteiger partial charge in [-0.1, -0.05) is 11.6 Å². The molecule has 1 saturated heterocycles. The first-order valence-corrected chi connectivity index (χ1v) is 14.0. The fourth-order valence-corrected chi connectivity index (χ4v) is 5.52. The van der Waals surface area contributed by atoms with Crippen molar-refractivity contribution >= 4 is 47.0 Å². The van der Waals surface area contributed by atoms with Crippen molar-refractivity contribution in [2.45, 2.75) is 30.9 Å². The van der Waals surface area contributed by atoms with Crippen LogP contribution in [0.25, 0.3) is 0 Å². The van der Waals surface area contributed by atoms with Gasteiger partial charge in [-0.2, -0.15) is 0 Å². The quantitative estimate of drug-likeness (QED) is 0.348. The first-order valence-electron chi connectivity index (χ1n) is 13.6. The van der Waals surface area contributed by atoms with Crippen LogP contribution in [0.1, 0.15) is 34.5 Å². The Balaban J connectivity index is 1.42. The van der Waals surface area contributed by atoms with Crippen LogP contribution in [-0.2, 0) is 26.3 Å². The molecule has 2 atom stereocenters. The molecular weight excluding hydrogens is 597 g/mol. The molecule has 0 radical (unpaired) electrons. The van der Waals surface area contributed by atoms with E-state index >= 15 is 4.39 Å². The molecule has 0 unspecified atom stereocenters. The van der Waals surface area contributed by atoms with Gasteiger partial charge in [-0.3, -0.25) is 25.2 Å². The average molecular weight is 626 g/mol. The molecule has 2 aliphatic heterocycles. The number of hydrogen-bond acceptors (Lipinski definition) is 8. The van der Waals surface area contributed by atoms with Crippen molar-refractivity contribution in [1.29, 1.82) is 0 Å². The molecule has 4 amide bonds. The number of amides is 4. The summed E-state index contributed by atoms with van der Waals surface area (Å²) < 4.78 is 30.8. The molecular formula is C30H29ClFN5O7. The van der Waals surface area contributed by atoms with Gasteiger partial charge in [0, 0.05) is 29.9 Å². The second-order valence-electron chi connectivity index (χ2n) is 10.3. The standard InChI is InChI=1S/C30H29ClFN5O7/c1-42-20-9-8-19(33-15-20)14-23(35-26(38)17-4-6-18(7-5-17)34-28(40)43-2)27(39)37-13-3-12-30(16-37)24-22(36-29(41)44-30)11-10-21(31)25(24)32/h4-11,15,23H,3,12-14,16H2,1-2H3,(H,34,40)(H,35,38)(H,36,41)/t23-,30-/m0/s1. The normalized spacial score (nSPS) is 17.9. The zero-order valence-corrected chi connectivity index (χ0v) is 24.6. The Kier molecular flexibility index (Phi) is 8.86. The van der Waals surface area contributed by atoms with Crippen LogP contribution in [0.15, 0.2) is 54.7 Å². The molecule has 2 aromatic carbocycles. The van der Waals surface area contributed by atoms with Crippen LogP contribution >= 0.6 is 11.6 Å². The number of carbonyl (C=O) groups is 4. The number of piperidine rings is 1. The van der Waals surface area contributed by atoms with Crippen LogP contribution in [0.4, 0.5) is 25.4 Å². The van der Waals surface area contributed by atoms with Crippen LogP contribution < -0.4 is 20.7 Å². The molecule has 0 aliphatic carbocycles. The first kappa shape index (κ1) is 30.5. The van der Waals surface area contributed by atoms with Gasteiger partial charge in [0.15, 0.2) is 11.4 Å². The zero-order valence-electron chi connectivity index (χ0n) is 23.8. The van der Waals surface area contributed by atoms with E-state index in [1.54, 1.807) is 12.1 Å². The number of ether oxygens (including phenoxy) is 3. The lowest BCUT2D eigenvalue weighted by Crippen LogP contribution is -2.58. The Hall–Kier alpha value is -4.91. The van der Waals surface area contributed by atoms with Gasteiger partial charge in [0.05, 0.1) is 43.2 Å². The molecule has 0 saturated carbocycles. The molecule has 3 N–H and O–H groups in total. The second kappa shape index (κ2) is 12.8. The minimum absolute atomic E-state index is 0.0260. The number of halogens is 2. The highest BCUT2D eigenvalue weighted by Crippen LogP contribution is 2.45. The molecule has 1 fully saturated rings. The molecule has 230 valence electrons. The van der Waals surface area contributed by atoms with Gasteiger partial charge in [-0.15, -0.1) is 0 Å². The van der Waals surface area contributed by atoms with E-state index < -0.39 is 41.5 Å². The van der Waals surface area contributed by atoms with E-state index in [1.165, 1.54) is 61.7 Å². The van der Waals surface area contributed by atoms with Crippen LogP contribution in [-0.4, -0.2) is 67.2 Å². The maximum absolute atomic E-state index is 15.4. The predicted molar refractivity (Wildman–Crippen MR) is 157 cm³/mol. The number of anilines is 2. The van der Waals surface area contributed by atoms with E-state index in [0.717, 1.165) is 0 Å². The van der Waals surface area contributed by atoms with Crippen LogP contribution in [0, 0.1) is 5.82 Å². The maximum Gasteiger partial charge on any atom is 0.412 e. The minimum Gasteiger partial charge on any atom is -0.495 e. The van der Waals surface area contributed by atoms with Gasteiger partial charge in [-0.05, 0) is 61.4 Å². The summed E-state index contributed by atoms with van der Waals surface area (Å²) in [5.41, 5.74) is -0.0453. The molecule has 2 aliphatic rings. The van der Waals surface area contributed by atoms with Gasteiger partial charge in [0.1, 0.15) is 11.8 Å². The molecule has 44 heavy (non-hydrogen) atoms. The van der Waals surface area contributed by atoms with Crippen molar-refractivity contribution in [3.05, 3.63) is 82.4 Å². The highest BCUT2D eigenvalue weighted by atomic mass is 35.5. The fraction of sp³-hybridized carbons (Fsp3) is 0.300. The summed E-state index contributed by atoms with van der Waals surface area (Å²) >= 11 is 6.09. The summed E-state index contributed by atoms with van der Waals surface area (Å²) in [5.74, 6) is -1.25. The number of benzene rings is 2. The van der Waals surface area contributed by atoms with Gasteiger partial charge >= 0.3 is 12.2 Å². The summed E-state index contributed by atoms with van der Waals surface area (Å²) in [6.45, 7) is 0.124. The number of methoxy groups -OCH3 is 2. The number of pyridine rings is 1. The van der Waals surface area contributed by atoms with Gasteiger partial charge in [-0.25, -0.2) is 14.0 Å². The summed E-state index contributed by atoms with van der Waals surface area (Å²) in [7, 11) is 2.73. The smallest absolute Gasteiger partial charge is 0.412 e. The zero-order chi connectivity index (χ0) is 31.4. The third-order valence-electron chi connectivity index (χ3n) is 7.47. The van der Waals surface area contributed by atoms with Gasteiger partial charge in [0.25, 0.3) is 5.91 Å². The Morgan fingerprint density at radius 1 is 1.16 bits per heavy atom. The van der Waals surface area contributed by atoms with E-state index in [1.807, 2.05) is 0 Å². The third-order valence-corrected chi connectivity index (χ3v) is 7.76. The van der Waals surface area contributed by atoms with Crippen molar-refractivity contribution in [2.75, 3.05) is 37.9 Å². The Morgan fingerprint density at radius 2 is 1.93 bits per heavy atom. The molecule has 0 bridgehead atoms. The number of likely N-dealkylation sites (tertiary alicyclic amines) is 1. The summed E-state index contributed by atoms with van der Waals surface area (Å²) in [6.07, 6.45) is 0.740. The molecule has 3 heterocycles. The van der Waals surface area contributed by atoms with Crippen molar-refractivity contribution in [2.24, 2.45) is 0 Å². The van der Waals surface area contributed by atoms with E-state index in [0.29, 0.717) is 23.6 Å². The van der Waals surface area contributed by atoms with E-state index in [-0.39, 0.29) is 47.8 Å². The topological polar surface area (TPSA) is 148 Å². The molecule has 12 nitrogen and oxygen atoms in total. The Bertz CT molecular complexity index is 1590. The lowest BCUT2D eigenvalue weighted by molar-refractivity contribution is -0.141. The number of nitrogens with zero attached hydrogens (tertiary/aromatic N) is 2. The molecule has 1 spiro atoms. The summed E-state index contributed by atoms with van der Waals surface area (Å²) in [5, 5.41) is 7.65. The number of aromatic nitrogens is 1. The summed E-state index contributed by atoms with van der Waals surface area (Å²) in [4.78, 5) is 57.2. The molecule has 5 rings (SSSR count). The fourth-order valence-electron chi connectivity index (χ4n) is 5.36. The largest absolute Gasteiger partial charge is 0.495 e. The Labute approximate surface area is 256 Å². The highest BCUT2D eigenvalue weighted by molar-refractivity contribution is 6.31. The molecule has 3 aromatic rings.